The van der Waals surface area contributed by atoms with Crippen LogP contribution < -0.4 is 15.8 Å². The lowest BCUT2D eigenvalue weighted by molar-refractivity contribution is -0.118. The minimum atomic E-state index is -0.381. The van der Waals surface area contributed by atoms with Gasteiger partial charge in [0.1, 0.15) is 5.75 Å². The Morgan fingerprint density at radius 1 is 1.42 bits per heavy atom. The molecule has 0 atom stereocenters. The SMILES string of the molecule is COCCNCc1cc(Cl)ccc1OCCC(N)=O. The molecule has 6 heteroatoms. The van der Waals surface area contributed by atoms with Crippen LogP contribution in [0.2, 0.25) is 5.02 Å². The van der Waals surface area contributed by atoms with Crippen molar-refractivity contribution in [1.29, 1.82) is 0 Å². The molecule has 0 aliphatic heterocycles. The number of carbonyl (C=O) groups excluding carboxylic acids is 1. The zero-order chi connectivity index (χ0) is 14.1. The number of benzene rings is 1. The van der Waals surface area contributed by atoms with Crippen molar-refractivity contribution in [1.82, 2.24) is 5.32 Å². The minimum absolute atomic E-state index is 0.194. The van der Waals surface area contributed by atoms with Crippen LogP contribution in [0.3, 0.4) is 0 Å². The number of primary amides is 1. The molecule has 0 heterocycles. The molecule has 0 aromatic heterocycles. The van der Waals surface area contributed by atoms with Crippen LogP contribution in [0.25, 0.3) is 0 Å². The number of methoxy groups -OCH3 is 1. The highest BCUT2D eigenvalue weighted by atomic mass is 35.5. The van der Waals surface area contributed by atoms with E-state index in [9.17, 15) is 4.79 Å². The van der Waals surface area contributed by atoms with Gasteiger partial charge < -0.3 is 20.5 Å². The molecule has 1 aromatic rings. The van der Waals surface area contributed by atoms with E-state index in [1.807, 2.05) is 6.07 Å². The van der Waals surface area contributed by atoms with Crippen LogP contribution in [0.5, 0.6) is 5.75 Å². The Morgan fingerprint density at radius 2 is 2.21 bits per heavy atom. The minimum Gasteiger partial charge on any atom is -0.493 e. The lowest BCUT2D eigenvalue weighted by atomic mass is 10.2. The highest BCUT2D eigenvalue weighted by Crippen LogP contribution is 2.23. The molecule has 0 radical (unpaired) electrons. The maximum atomic E-state index is 10.7. The predicted octanol–water partition coefficient (Wildman–Crippen LogP) is 1.33. The van der Waals surface area contributed by atoms with E-state index in [0.717, 1.165) is 12.1 Å². The van der Waals surface area contributed by atoms with Gasteiger partial charge in [-0.2, -0.15) is 0 Å². The molecule has 0 aliphatic rings. The molecule has 19 heavy (non-hydrogen) atoms. The summed E-state index contributed by atoms with van der Waals surface area (Å²) in [7, 11) is 1.65. The zero-order valence-corrected chi connectivity index (χ0v) is 11.7. The summed E-state index contributed by atoms with van der Waals surface area (Å²) in [6.07, 6.45) is 0.194. The summed E-state index contributed by atoms with van der Waals surface area (Å²) in [5, 5.41) is 3.86. The highest BCUT2D eigenvalue weighted by Gasteiger charge is 2.05. The fourth-order valence-corrected chi connectivity index (χ4v) is 1.68. The standard InChI is InChI=1S/C13H19ClN2O3/c1-18-7-5-16-9-10-8-11(14)2-3-12(10)19-6-4-13(15)17/h2-3,8,16H,4-7,9H2,1H3,(H2,15,17). The van der Waals surface area contributed by atoms with Gasteiger partial charge in [0.05, 0.1) is 19.6 Å². The Balaban J connectivity index is 2.55. The summed E-state index contributed by atoms with van der Waals surface area (Å²) in [6, 6.07) is 5.37. The monoisotopic (exact) mass is 286 g/mol. The fraction of sp³-hybridized carbons (Fsp3) is 0.462. The number of nitrogens with two attached hydrogens (primary N) is 1. The molecule has 0 bridgehead atoms. The van der Waals surface area contributed by atoms with Crippen LogP contribution in [-0.4, -0.2) is 32.8 Å². The molecule has 0 spiro atoms. The summed E-state index contributed by atoms with van der Waals surface area (Å²) in [4.78, 5) is 10.7. The third-order valence-corrected chi connectivity index (χ3v) is 2.66. The first-order valence-electron chi connectivity index (χ1n) is 6.02. The quantitative estimate of drug-likeness (QED) is 0.672. The van der Waals surface area contributed by atoms with Gasteiger partial charge in [-0.05, 0) is 18.2 Å². The van der Waals surface area contributed by atoms with Crippen molar-refractivity contribution in [3.8, 4) is 5.75 Å². The van der Waals surface area contributed by atoms with Gasteiger partial charge in [0.15, 0.2) is 0 Å². The van der Waals surface area contributed by atoms with Crippen LogP contribution >= 0.6 is 11.6 Å². The number of rotatable bonds is 9. The van der Waals surface area contributed by atoms with Crippen LogP contribution in [0.1, 0.15) is 12.0 Å². The Bertz CT molecular complexity index is 413. The van der Waals surface area contributed by atoms with Gasteiger partial charge in [0.25, 0.3) is 0 Å². The largest absolute Gasteiger partial charge is 0.493 e. The molecule has 0 aliphatic carbocycles. The molecule has 0 saturated heterocycles. The van der Waals surface area contributed by atoms with Gasteiger partial charge in [0, 0.05) is 30.8 Å². The first-order valence-corrected chi connectivity index (χ1v) is 6.40. The van der Waals surface area contributed by atoms with Crippen molar-refractivity contribution in [2.45, 2.75) is 13.0 Å². The highest BCUT2D eigenvalue weighted by molar-refractivity contribution is 6.30. The third kappa shape index (κ3) is 6.42. The normalized spacial score (nSPS) is 10.4. The van der Waals surface area contributed by atoms with Crippen molar-refractivity contribution in [3.63, 3.8) is 0 Å². The molecule has 1 aromatic carbocycles. The summed E-state index contributed by atoms with van der Waals surface area (Å²) in [5.74, 6) is 0.323. The Kier molecular flexibility index (Phi) is 7.25. The number of nitrogens with one attached hydrogen (secondary N) is 1. The lowest BCUT2D eigenvalue weighted by Gasteiger charge is -2.12. The van der Waals surface area contributed by atoms with Gasteiger partial charge in [-0.15, -0.1) is 0 Å². The van der Waals surface area contributed by atoms with Crippen molar-refractivity contribution < 1.29 is 14.3 Å². The smallest absolute Gasteiger partial charge is 0.220 e. The third-order valence-electron chi connectivity index (χ3n) is 2.43. The van der Waals surface area contributed by atoms with Gasteiger partial charge >= 0.3 is 0 Å². The number of hydrogen-bond donors (Lipinski definition) is 2. The maximum Gasteiger partial charge on any atom is 0.220 e. The molecule has 1 rings (SSSR count). The number of amides is 1. The van der Waals surface area contributed by atoms with Crippen LogP contribution in [0, 0.1) is 0 Å². The van der Waals surface area contributed by atoms with E-state index in [4.69, 9.17) is 26.8 Å². The molecule has 5 nitrogen and oxygen atoms in total. The second kappa shape index (κ2) is 8.74. The molecule has 0 fully saturated rings. The molecule has 106 valence electrons. The molecule has 3 N–H and O–H groups in total. The van der Waals surface area contributed by atoms with E-state index in [1.54, 1.807) is 19.2 Å². The topological polar surface area (TPSA) is 73.6 Å². The fourth-order valence-electron chi connectivity index (χ4n) is 1.49. The first kappa shape index (κ1) is 15.8. The van der Waals surface area contributed by atoms with Gasteiger partial charge in [-0.25, -0.2) is 0 Å². The average molecular weight is 287 g/mol. The maximum absolute atomic E-state index is 10.7. The Labute approximate surface area is 118 Å². The van der Waals surface area contributed by atoms with Crippen molar-refractivity contribution >= 4 is 17.5 Å². The molecular formula is C13H19ClN2O3. The number of carbonyl (C=O) groups is 1. The van der Waals surface area contributed by atoms with Crippen LogP contribution in [0.15, 0.2) is 18.2 Å². The summed E-state index contributed by atoms with van der Waals surface area (Å²) >= 11 is 5.96. The van der Waals surface area contributed by atoms with E-state index in [0.29, 0.717) is 23.9 Å². The van der Waals surface area contributed by atoms with E-state index < -0.39 is 0 Å². The number of hydrogen-bond acceptors (Lipinski definition) is 4. The van der Waals surface area contributed by atoms with Crippen molar-refractivity contribution in [2.24, 2.45) is 5.73 Å². The first-order chi connectivity index (χ1) is 9.13. The second-order valence-electron chi connectivity index (χ2n) is 3.99. The summed E-state index contributed by atoms with van der Waals surface area (Å²) < 4.78 is 10.5. The van der Waals surface area contributed by atoms with Crippen LogP contribution in [0.4, 0.5) is 0 Å². The van der Waals surface area contributed by atoms with Gasteiger partial charge in [-0.3, -0.25) is 4.79 Å². The number of halogens is 1. The lowest BCUT2D eigenvalue weighted by Crippen LogP contribution is -2.19. The van der Waals surface area contributed by atoms with Gasteiger partial charge in [0.2, 0.25) is 5.91 Å². The van der Waals surface area contributed by atoms with Crippen LogP contribution in [-0.2, 0) is 16.1 Å². The molecule has 1 amide bonds. The van der Waals surface area contributed by atoms with E-state index in [2.05, 4.69) is 5.32 Å². The zero-order valence-electron chi connectivity index (χ0n) is 10.9. The van der Waals surface area contributed by atoms with Crippen molar-refractivity contribution in [2.75, 3.05) is 26.9 Å². The number of ether oxygens (including phenoxy) is 2. The second-order valence-corrected chi connectivity index (χ2v) is 4.42. The Morgan fingerprint density at radius 3 is 2.89 bits per heavy atom. The molecule has 0 unspecified atom stereocenters. The van der Waals surface area contributed by atoms with E-state index in [-0.39, 0.29) is 18.9 Å². The average Bonchev–Trinajstić information content (AvgIpc) is 2.36. The predicted molar refractivity (Wildman–Crippen MR) is 74.3 cm³/mol. The molecule has 0 saturated carbocycles. The van der Waals surface area contributed by atoms with Gasteiger partial charge in [-0.1, -0.05) is 11.6 Å². The summed E-state index contributed by atoms with van der Waals surface area (Å²) in [5.41, 5.74) is 6.00. The van der Waals surface area contributed by atoms with Crippen molar-refractivity contribution in [3.05, 3.63) is 28.8 Å². The molecular weight excluding hydrogens is 268 g/mol. The summed E-state index contributed by atoms with van der Waals surface area (Å²) in [6.45, 7) is 2.26. The van der Waals surface area contributed by atoms with E-state index >= 15 is 0 Å². The van der Waals surface area contributed by atoms with E-state index in [1.165, 1.54) is 0 Å². The Hall–Kier alpha value is -1.30.